The number of anilines is 1. The van der Waals surface area contributed by atoms with Gasteiger partial charge >= 0.3 is 0 Å². The maximum atomic E-state index is 5.56. The molecule has 0 aliphatic carbocycles. The van der Waals surface area contributed by atoms with Gasteiger partial charge in [-0.1, -0.05) is 0 Å². The van der Waals surface area contributed by atoms with Crippen LogP contribution in [0.15, 0.2) is 41.4 Å². The van der Waals surface area contributed by atoms with E-state index in [1.54, 1.807) is 7.11 Å². The summed E-state index contributed by atoms with van der Waals surface area (Å²) in [4.78, 5) is 6.90. The van der Waals surface area contributed by atoms with Crippen molar-refractivity contribution >= 4 is 40.2 Å². The Kier molecular flexibility index (Phi) is 5.73. The van der Waals surface area contributed by atoms with Gasteiger partial charge in [-0.2, -0.15) is 0 Å². The molecule has 1 saturated heterocycles. The predicted octanol–water partition coefficient (Wildman–Crippen LogP) is 4.20. The average molecular weight is 436 g/mol. The molecule has 0 spiro atoms. The number of rotatable bonds is 4. The Morgan fingerprint density at radius 3 is 2.67 bits per heavy atom. The van der Waals surface area contributed by atoms with Crippen molar-refractivity contribution in [3.63, 3.8) is 0 Å². The molecule has 0 radical (unpaired) electrons. The Morgan fingerprint density at radius 1 is 1.17 bits per heavy atom. The molecule has 0 saturated carbocycles. The molecule has 0 amide bonds. The smallest absolute Gasteiger partial charge is 0.129 e. The van der Waals surface area contributed by atoms with E-state index in [1.807, 2.05) is 12.3 Å². The van der Waals surface area contributed by atoms with Gasteiger partial charge in [-0.3, -0.25) is 4.99 Å². The van der Waals surface area contributed by atoms with Crippen LogP contribution in [0.2, 0.25) is 0 Å². The molecular formula is C19H21IN2O2. The summed E-state index contributed by atoms with van der Waals surface area (Å²) in [5.41, 5.74) is 4.33. The minimum absolute atomic E-state index is 0.775. The van der Waals surface area contributed by atoms with Gasteiger partial charge in [-0.25, -0.2) is 0 Å². The van der Waals surface area contributed by atoms with E-state index in [4.69, 9.17) is 9.47 Å². The van der Waals surface area contributed by atoms with Crippen molar-refractivity contribution in [1.29, 1.82) is 0 Å². The molecule has 3 rings (SSSR count). The fraction of sp³-hybridized carbons (Fsp3) is 0.316. The van der Waals surface area contributed by atoms with Crippen molar-refractivity contribution in [2.75, 3.05) is 38.3 Å². The summed E-state index contributed by atoms with van der Waals surface area (Å²) in [6.45, 7) is 5.48. The highest BCUT2D eigenvalue weighted by Crippen LogP contribution is 2.26. The normalized spacial score (nSPS) is 15.0. The number of hydrogen-bond acceptors (Lipinski definition) is 4. The first-order valence-corrected chi connectivity index (χ1v) is 9.06. The Labute approximate surface area is 156 Å². The third-order valence-corrected chi connectivity index (χ3v) is 5.30. The molecule has 2 aromatic rings. The average Bonchev–Trinajstić information content (AvgIpc) is 2.63. The number of hydrogen-bond donors (Lipinski definition) is 0. The zero-order valence-electron chi connectivity index (χ0n) is 14.0. The molecule has 0 N–H and O–H groups in total. The monoisotopic (exact) mass is 436 g/mol. The first kappa shape index (κ1) is 17.2. The van der Waals surface area contributed by atoms with E-state index >= 15 is 0 Å². The summed E-state index contributed by atoms with van der Waals surface area (Å²) in [7, 11) is 1.70. The molecule has 0 unspecified atom stereocenters. The van der Waals surface area contributed by atoms with Crippen molar-refractivity contribution in [2.24, 2.45) is 4.99 Å². The van der Waals surface area contributed by atoms with E-state index in [9.17, 15) is 0 Å². The molecular weight excluding hydrogens is 415 g/mol. The highest BCUT2D eigenvalue weighted by molar-refractivity contribution is 14.1. The summed E-state index contributed by atoms with van der Waals surface area (Å²) in [6.07, 6.45) is 1.86. The Morgan fingerprint density at radius 2 is 1.96 bits per heavy atom. The summed E-state index contributed by atoms with van der Waals surface area (Å²) < 4.78 is 12.2. The molecule has 4 nitrogen and oxygen atoms in total. The van der Waals surface area contributed by atoms with Crippen molar-refractivity contribution in [1.82, 2.24) is 0 Å². The first-order valence-electron chi connectivity index (χ1n) is 7.98. The lowest BCUT2D eigenvalue weighted by atomic mass is 10.1. The lowest BCUT2D eigenvalue weighted by molar-refractivity contribution is 0.122. The second-order valence-electron chi connectivity index (χ2n) is 5.72. The van der Waals surface area contributed by atoms with Crippen LogP contribution in [0, 0.1) is 10.5 Å². The van der Waals surface area contributed by atoms with E-state index in [2.05, 4.69) is 69.7 Å². The number of halogens is 1. The Balaban J connectivity index is 1.82. The molecule has 2 aromatic carbocycles. The van der Waals surface area contributed by atoms with Crippen molar-refractivity contribution < 1.29 is 9.47 Å². The maximum Gasteiger partial charge on any atom is 0.129 e. The fourth-order valence-electron chi connectivity index (χ4n) is 2.68. The van der Waals surface area contributed by atoms with Crippen LogP contribution in [-0.2, 0) is 4.74 Å². The summed E-state index contributed by atoms with van der Waals surface area (Å²) in [5, 5.41) is 0. The highest BCUT2D eigenvalue weighted by Gasteiger charge is 2.13. The maximum absolute atomic E-state index is 5.56. The second-order valence-corrected chi connectivity index (χ2v) is 6.88. The predicted molar refractivity (Wildman–Crippen MR) is 107 cm³/mol. The van der Waals surface area contributed by atoms with Gasteiger partial charge < -0.3 is 14.4 Å². The fourth-order valence-corrected chi connectivity index (χ4v) is 3.01. The van der Waals surface area contributed by atoms with Gasteiger partial charge in [-0.15, -0.1) is 0 Å². The van der Waals surface area contributed by atoms with Gasteiger partial charge in [-0.05, 0) is 65.4 Å². The van der Waals surface area contributed by atoms with Gasteiger partial charge in [0.2, 0.25) is 0 Å². The largest absolute Gasteiger partial charge is 0.496 e. The van der Waals surface area contributed by atoms with Crippen molar-refractivity contribution in [3.8, 4) is 5.75 Å². The number of ether oxygens (including phenoxy) is 2. The third kappa shape index (κ3) is 4.08. The van der Waals surface area contributed by atoms with Gasteiger partial charge in [0, 0.05) is 40.2 Å². The molecule has 1 heterocycles. The SMILES string of the molecule is COc1cc(N2CCOCC2)ccc1C=Nc1ccc(I)c(C)c1. The molecule has 0 aromatic heterocycles. The van der Waals surface area contributed by atoms with Gasteiger partial charge in [0.25, 0.3) is 0 Å². The van der Waals surface area contributed by atoms with Crippen LogP contribution in [-0.4, -0.2) is 39.6 Å². The number of aryl methyl sites for hydroxylation is 1. The van der Waals surface area contributed by atoms with Gasteiger partial charge in [0.1, 0.15) is 5.75 Å². The molecule has 1 fully saturated rings. The van der Waals surface area contributed by atoms with E-state index in [-0.39, 0.29) is 0 Å². The highest BCUT2D eigenvalue weighted by atomic mass is 127. The third-order valence-electron chi connectivity index (χ3n) is 4.09. The quantitative estimate of drug-likeness (QED) is 0.533. The Hall–Kier alpha value is -1.60. The minimum Gasteiger partial charge on any atom is -0.496 e. The molecule has 0 atom stereocenters. The summed E-state index contributed by atoms with van der Waals surface area (Å²) >= 11 is 2.33. The molecule has 1 aliphatic rings. The zero-order chi connectivity index (χ0) is 16.9. The van der Waals surface area contributed by atoms with Crippen molar-refractivity contribution in [2.45, 2.75) is 6.92 Å². The van der Waals surface area contributed by atoms with Crippen LogP contribution < -0.4 is 9.64 Å². The zero-order valence-corrected chi connectivity index (χ0v) is 16.1. The molecule has 0 bridgehead atoms. The van der Waals surface area contributed by atoms with Crippen LogP contribution in [0.25, 0.3) is 0 Å². The van der Waals surface area contributed by atoms with E-state index < -0.39 is 0 Å². The lowest BCUT2D eigenvalue weighted by Gasteiger charge is -2.29. The minimum atomic E-state index is 0.775. The van der Waals surface area contributed by atoms with Crippen LogP contribution in [0.3, 0.4) is 0 Å². The van der Waals surface area contributed by atoms with Crippen LogP contribution >= 0.6 is 22.6 Å². The van der Waals surface area contributed by atoms with Gasteiger partial charge in [0.15, 0.2) is 0 Å². The molecule has 5 heteroatoms. The number of morpholine rings is 1. The Bertz CT molecular complexity index is 740. The molecule has 1 aliphatic heterocycles. The summed E-state index contributed by atoms with van der Waals surface area (Å²) in [6, 6.07) is 12.5. The number of methoxy groups -OCH3 is 1. The standard InChI is InChI=1S/C19H21IN2O2/c1-14-11-16(4-6-18(14)20)21-13-15-3-5-17(12-19(15)23-2)22-7-9-24-10-8-22/h3-6,11-13H,7-10H2,1-2H3. The first-order chi connectivity index (χ1) is 11.7. The van der Waals surface area contributed by atoms with E-state index in [0.29, 0.717) is 0 Å². The van der Waals surface area contributed by atoms with Crippen LogP contribution in [0.1, 0.15) is 11.1 Å². The van der Waals surface area contributed by atoms with Crippen molar-refractivity contribution in [3.05, 3.63) is 51.1 Å². The number of benzene rings is 2. The molecule has 24 heavy (non-hydrogen) atoms. The summed E-state index contributed by atoms with van der Waals surface area (Å²) in [5.74, 6) is 0.838. The van der Waals surface area contributed by atoms with Crippen LogP contribution in [0.5, 0.6) is 5.75 Å². The second kappa shape index (κ2) is 7.98. The van der Waals surface area contributed by atoms with E-state index in [0.717, 1.165) is 49.0 Å². The molecule has 126 valence electrons. The lowest BCUT2D eigenvalue weighted by Crippen LogP contribution is -2.36. The van der Waals surface area contributed by atoms with Crippen LogP contribution in [0.4, 0.5) is 11.4 Å². The number of nitrogens with zero attached hydrogens (tertiary/aromatic N) is 2. The topological polar surface area (TPSA) is 34.1 Å². The van der Waals surface area contributed by atoms with E-state index in [1.165, 1.54) is 9.13 Å². The van der Waals surface area contributed by atoms with Gasteiger partial charge in [0.05, 0.1) is 26.0 Å². The number of aliphatic imine (C=N–C) groups is 1.